The number of halogens is 1. The molecule has 3 N–H and O–H groups in total. The number of benzene rings is 1. The van der Waals surface area contributed by atoms with Crippen molar-refractivity contribution < 1.29 is 13.9 Å². The number of hydrogen-bond acceptors (Lipinski definition) is 7. The van der Waals surface area contributed by atoms with E-state index in [-0.39, 0.29) is 17.6 Å². The summed E-state index contributed by atoms with van der Waals surface area (Å²) in [4.78, 5) is 31.0. The van der Waals surface area contributed by atoms with Crippen molar-refractivity contribution in [2.24, 2.45) is 5.92 Å². The Hall–Kier alpha value is -5.16. The molecule has 224 valence electrons. The lowest BCUT2D eigenvalue weighted by atomic mass is 10.0. The Bertz CT molecular complexity index is 1960. The van der Waals surface area contributed by atoms with Gasteiger partial charge in [0.15, 0.2) is 5.65 Å². The second kappa shape index (κ2) is 12.2. The zero-order valence-electron chi connectivity index (χ0n) is 25.0. The van der Waals surface area contributed by atoms with E-state index in [9.17, 15) is 9.18 Å². The van der Waals surface area contributed by atoms with Gasteiger partial charge >= 0.3 is 0 Å². The van der Waals surface area contributed by atoms with Crippen LogP contribution in [-0.4, -0.2) is 68.2 Å². The molecule has 0 aliphatic rings. The van der Waals surface area contributed by atoms with Crippen molar-refractivity contribution in [3.8, 4) is 39.4 Å². The van der Waals surface area contributed by atoms with Crippen LogP contribution in [0.1, 0.15) is 20.3 Å². The third kappa shape index (κ3) is 6.28. The molecule has 0 radical (unpaired) electrons. The summed E-state index contributed by atoms with van der Waals surface area (Å²) >= 11 is 0. The Kier molecular flexibility index (Phi) is 8.03. The van der Waals surface area contributed by atoms with Gasteiger partial charge in [0.2, 0.25) is 5.91 Å². The molecular formula is C33H33FN8O2. The lowest BCUT2D eigenvalue weighted by molar-refractivity contribution is -0.116. The zero-order valence-corrected chi connectivity index (χ0v) is 25.0. The second-order valence-electron chi connectivity index (χ2n) is 11.5. The molecule has 11 heteroatoms. The minimum absolute atomic E-state index is 0.0522. The third-order valence-corrected chi connectivity index (χ3v) is 7.16. The number of hydrogen-bond donors (Lipinski definition) is 3. The molecular weight excluding hydrogens is 559 g/mol. The molecule has 5 heterocycles. The first-order valence-electron chi connectivity index (χ1n) is 14.4. The van der Waals surface area contributed by atoms with Crippen molar-refractivity contribution in [1.82, 2.24) is 35.0 Å². The molecule has 1 aromatic carbocycles. The fourth-order valence-electron chi connectivity index (χ4n) is 5.08. The number of aromatic nitrogens is 6. The second-order valence-corrected chi connectivity index (χ2v) is 11.5. The fraction of sp³-hybridized carbons (Fsp3) is 0.242. The molecule has 6 aromatic rings. The summed E-state index contributed by atoms with van der Waals surface area (Å²) in [5.41, 5.74) is 6.57. The van der Waals surface area contributed by atoms with Crippen molar-refractivity contribution in [2.45, 2.75) is 20.3 Å². The Balaban J connectivity index is 1.33. The van der Waals surface area contributed by atoms with Gasteiger partial charge < -0.3 is 19.9 Å². The number of nitrogens with zero attached hydrogens (tertiary/aromatic N) is 5. The van der Waals surface area contributed by atoms with Crippen LogP contribution < -0.4 is 10.1 Å². The summed E-state index contributed by atoms with van der Waals surface area (Å²) in [6.07, 6.45) is 9.00. The maximum atomic E-state index is 14.7. The zero-order chi connectivity index (χ0) is 30.8. The predicted molar refractivity (Wildman–Crippen MR) is 170 cm³/mol. The van der Waals surface area contributed by atoms with Gasteiger partial charge in [0, 0.05) is 65.1 Å². The number of carbonyl (C=O) groups excluding carboxylic acids is 1. The lowest BCUT2D eigenvalue weighted by Gasteiger charge is -2.12. The third-order valence-electron chi connectivity index (χ3n) is 7.16. The number of likely N-dealkylation sites (N-methyl/N-ethyl adjacent to an activating group) is 1. The maximum Gasteiger partial charge on any atom is 0.224 e. The molecule has 0 fully saturated rings. The number of fused-ring (bicyclic) bond motifs is 2. The van der Waals surface area contributed by atoms with Crippen LogP contribution in [0.15, 0.2) is 67.4 Å². The Labute approximate surface area is 253 Å². The van der Waals surface area contributed by atoms with Crippen LogP contribution in [0, 0.1) is 11.7 Å². The highest BCUT2D eigenvalue weighted by molar-refractivity contribution is 6.01. The van der Waals surface area contributed by atoms with Crippen molar-refractivity contribution >= 4 is 33.5 Å². The number of ether oxygens (including phenoxy) is 1. The molecule has 1 amide bonds. The summed E-state index contributed by atoms with van der Waals surface area (Å²) in [5.74, 6) is 0.285. The fourth-order valence-corrected chi connectivity index (χ4v) is 5.08. The molecule has 10 nitrogen and oxygen atoms in total. The van der Waals surface area contributed by atoms with Crippen molar-refractivity contribution in [1.29, 1.82) is 0 Å². The van der Waals surface area contributed by atoms with Crippen LogP contribution in [-0.2, 0) is 4.79 Å². The van der Waals surface area contributed by atoms with Crippen LogP contribution in [0.3, 0.4) is 0 Å². The van der Waals surface area contributed by atoms with E-state index in [0.29, 0.717) is 35.7 Å². The number of carbonyl (C=O) groups is 1. The van der Waals surface area contributed by atoms with E-state index in [1.54, 1.807) is 31.0 Å². The predicted octanol–water partition coefficient (Wildman–Crippen LogP) is 6.29. The minimum atomic E-state index is -0.383. The molecule has 6 rings (SSSR count). The van der Waals surface area contributed by atoms with Crippen molar-refractivity contribution in [2.75, 3.05) is 32.6 Å². The summed E-state index contributed by atoms with van der Waals surface area (Å²) in [7, 11) is 3.92. The van der Waals surface area contributed by atoms with Crippen molar-refractivity contribution in [3.63, 3.8) is 0 Å². The number of nitrogens with one attached hydrogen (secondary N) is 3. The van der Waals surface area contributed by atoms with Crippen LogP contribution in [0.25, 0.3) is 55.6 Å². The molecule has 0 saturated carbocycles. The van der Waals surface area contributed by atoms with Crippen molar-refractivity contribution in [3.05, 3.63) is 73.2 Å². The maximum absolute atomic E-state index is 14.7. The molecule has 0 spiro atoms. The van der Waals surface area contributed by atoms with E-state index in [0.717, 1.165) is 50.9 Å². The Morgan fingerprint density at radius 2 is 1.77 bits per heavy atom. The quantitative estimate of drug-likeness (QED) is 0.171. The van der Waals surface area contributed by atoms with Crippen LogP contribution in [0.5, 0.6) is 5.75 Å². The smallest absolute Gasteiger partial charge is 0.224 e. The van der Waals surface area contributed by atoms with Crippen LogP contribution in [0.2, 0.25) is 0 Å². The first-order valence-corrected chi connectivity index (χ1v) is 14.4. The molecule has 0 saturated heterocycles. The van der Waals surface area contributed by atoms with Gasteiger partial charge in [-0.05, 0) is 55.9 Å². The van der Waals surface area contributed by atoms with Gasteiger partial charge in [-0.15, -0.1) is 0 Å². The number of anilines is 1. The van der Waals surface area contributed by atoms with Gasteiger partial charge in [-0.2, -0.15) is 5.10 Å². The Morgan fingerprint density at radius 3 is 2.59 bits per heavy atom. The first-order chi connectivity index (χ1) is 21.2. The standard InChI is InChI=1S/C33H33FN8O2/c1-19(2)7-31(43)38-24-9-21(14-35-16-24)22-11-27-32(40-41-33(27)37-15-22)29-13-26-28(17-36-18-30(26)39-29)20-8-23(34)12-25(10-20)44-6-5-42(3)4/h8-19,39H,5-7H2,1-4H3,(H,38,43)(H,37,40,41). The van der Waals surface area contributed by atoms with Gasteiger partial charge in [-0.3, -0.25) is 19.9 Å². The molecule has 0 bridgehead atoms. The molecule has 0 aliphatic heterocycles. The summed E-state index contributed by atoms with van der Waals surface area (Å²) in [5, 5.41) is 12.1. The first kappa shape index (κ1) is 28.9. The SMILES string of the molecule is CC(C)CC(=O)Nc1cncc(-c2cnc3n[nH]c(-c4cc5c(-c6cc(F)cc(OCCN(C)C)c6)cncc5[nH]4)c3c2)c1. The van der Waals surface area contributed by atoms with Crippen LogP contribution >= 0.6 is 0 Å². The molecule has 44 heavy (non-hydrogen) atoms. The minimum Gasteiger partial charge on any atom is -0.492 e. The van der Waals surface area contributed by atoms with E-state index in [1.807, 2.05) is 57.1 Å². The number of aromatic amines is 2. The van der Waals surface area contributed by atoms with E-state index < -0.39 is 0 Å². The highest BCUT2D eigenvalue weighted by atomic mass is 19.1. The molecule has 5 aromatic heterocycles. The monoisotopic (exact) mass is 592 g/mol. The number of amides is 1. The lowest BCUT2D eigenvalue weighted by Crippen LogP contribution is -2.19. The highest BCUT2D eigenvalue weighted by Gasteiger charge is 2.16. The highest BCUT2D eigenvalue weighted by Crippen LogP contribution is 2.35. The van der Waals surface area contributed by atoms with Gasteiger partial charge in [-0.25, -0.2) is 9.37 Å². The Morgan fingerprint density at radius 1 is 0.955 bits per heavy atom. The average Bonchev–Trinajstić information content (AvgIpc) is 3.60. The number of H-pyrrole nitrogens is 2. The number of pyridine rings is 3. The molecule has 0 atom stereocenters. The summed E-state index contributed by atoms with van der Waals surface area (Å²) in [6, 6.07) is 10.6. The van der Waals surface area contributed by atoms with E-state index in [4.69, 9.17) is 4.74 Å². The topological polar surface area (TPSA) is 125 Å². The van der Waals surface area contributed by atoms with E-state index >= 15 is 0 Å². The summed E-state index contributed by atoms with van der Waals surface area (Å²) in [6.45, 7) is 5.17. The van der Waals surface area contributed by atoms with Crippen LogP contribution in [0.4, 0.5) is 10.1 Å². The molecule has 0 unspecified atom stereocenters. The van der Waals surface area contributed by atoms with E-state index in [1.165, 1.54) is 12.1 Å². The molecule has 0 aliphatic carbocycles. The number of rotatable bonds is 10. The average molecular weight is 593 g/mol. The largest absolute Gasteiger partial charge is 0.492 e. The van der Waals surface area contributed by atoms with Gasteiger partial charge in [0.1, 0.15) is 18.2 Å². The van der Waals surface area contributed by atoms with E-state index in [2.05, 4.69) is 35.5 Å². The normalized spacial score (nSPS) is 11.6. The van der Waals surface area contributed by atoms with Gasteiger partial charge in [0.25, 0.3) is 0 Å². The van der Waals surface area contributed by atoms with Gasteiger partial charge in [0.05, 0.1) is 35.0 Å². The summed E-state index contributed by atoms with van der Waals surface area (Å²) < 4.78 is 20.5. The van der Waals surface area contributed by atoms with Gasteiger partial charge in [-0.1, -0.05) is 13.8 Å².